The van der Waals surface area contributed by atoms with Gasteiger partial charge in [-0.15, -0.1) is 0 Å². The summed E-state index contributed by atoms with van der Waals surface area (Å²) < 4.78 is 5.60. The Labute approximate surface area is 114 Å². The van der Waals surface area contributed by atoms with Gasteiger partial charge in [0.15, 0.2) is 0 Å². The van der Waals surface area contributed by atoms with Gasteiger partial charge in [-0.1, -0.05) is 6.92 Å². The van der Waals surface area contributed by atoms with E-state index >= 15 is 0 Å². The molecule has 1 aliphatic rings. The first kappa shape index (κ1) is 14.0. The second-order valence-electron chi connectivity index (χ2n) is 5.00. The molecule has 1 aromatic heterocycles. The SMILES string of the molecule is CCC(N)C(c1ccco1)N1CCC(SC)CC1. The number of hydrogen-bond acceptors (Lipinski definition) is 4. The lowest BCUT2D eigenvalue weighted by molar-refractivity contribution is 0.125. The summed E-state index contributed by atoms with van der Waals surface area (Å²) in [5.41, 5.74) is 6.30. The summed E-state index contributed by atoms with van der Waals surface area (Å²) in [4.78, 5) is 2.50. The Kier molecular flexibility index (Phi) is 5.15. The monoisotopic (exact) mass is 268 g/mol. The van der Waals surface area contributed by atoms with Crippen LogP contribution in [-0.2, 0) is 0 Å². The molecule has 0 saturated carbocycles. The highest BCUT2D eigenvalue weighted by atomic mass is 32.2. The first-order valence-corrected chi connectivity index (χ1v) is 8.10. The molecule has 4 heteroatoms. The fourth-order valence-corrected chi connectivity index (χ4v) is 3.42. The molecule has 1 saturated heterocycles. The van der Waals surface area contributed by atoms with E-state index in [1.165, 1.54) is 12.8 Å². The number of hydrogen-bond donors (Lipinski definition) is 1. The molecule has 2 heterocycles. The van der Waals surface area contributed by atoms with Crippen LogP contribution in [0.3, 0.4) is 0 Å². The second-order valence-corrected chi connectivity index (χ2v) is 6.14. The van der Waals surface area contributed by atoms with Crippen molar-refractivity contribution >= 4 is 11.8 Å². The topological polar surface area (TPSA) is 42.4 Å². The van der Waals surface area contributed by atoms with E-state index < -0.39 is 0 Å². The highest BCUT2D eigenvalue weighted by molar-refractivity contribution is 7.99. The molecule has 1 aromatic rings. The Hall–Kier alpha value is -0.450. The quantitative estimate of drug-likeness (QED) is 0.891. The zero-order chi connectivity index (χ0) is 13.0. The first-order valence-electron chi connectivity index (χ1n) is 6.82. The lowest BCUT2D eigenvalue weighted by atomic mass is 9.99. The Morgan fingerprint density at radius 2 is 2.22 bits per heavy atom. The van der Waals surface area contributed by atoms with Crippen molar-refractivity contribution < 1.29 is 4.42 Å². The third-order valence-electron chi connectivity index (χ3n) is 3.91. The minimum absolute atomic E-state index is 0.155. The predicted molar refractivity (Wildman–Crippen MR) is 77.8 cm³/mol. The van der Waals surface area contributed by atoms with E-state index in [1.54, 1.807) is 6.26 Å². The fourth-order valence-electron chi connectivity index (χ4n) is 2.73. The number of furan rings is 1. The highest BCUT2D eigenvalue weighted by Crippen LogP contribution is 2.30. The maximum Gasteiger partial charge on any atom is 0.122 e. The van der Waals surface area contributed by atoms with Gasteiger partial charge in [0.25, 0.3) is 0 Å². The van der Waals surface area contributed by atoms with E-state index in [9.17, 15) is 0 Å². The van der Waals surface area contributed by atoms with Crippen molar-refractivity contribution in [3.8, 4) is 0 Å². The van der Waals surface area contributed by atoms with Gasteiger partial charge in [0.05, 0.1) is 12.3 Å². The summed E-state index contributed by atoms with van der Waals surface area (Å²) in [6.45, 7) is 4.41. The van der Waals surface area contributed by atoms with E-state index in [0.717, 1.165) is 30.5 Å². The van der Waals surface area contributed by atoms with Crippen LogP contribution in [0.15, 0.2) is 22.8 Å². The molecule has 2 N–H and O–H groups in total. The van der Waals surface area contributed by atoms with E-state index in [0.29, 0.717) is 0 Å². The van der Waals surface area contributed by atoms with E-state index in [4.69, 9.17) is 10.2 Å². The highest BCUT2D eigenvalue weighted by Gasteiger charge is 2.30. The minimum atomic E-state index is 0.155. The van der Waals surface area contributed by atoms with Crippen LogP contribution in [0.2, 0.25) is 0 Å². The number of nitrogens with two attached hydrogens (primary N) is 1. The van der Waals surface area contributed by atoms with Crippen LogP contribution in [-0.4, -0.2) is 35.5 Å². The number of thioether (sulfide) groups is 1. The van der Waals surface area contributed by atoms with Crippen molar-refractivity contribution in [1.82, 2.24) is 4.90 Å². The van der Waals surface area contributed by atoms with Crippen LogP contribution in [0.5, 0.6) is 0 Å². The molecular weight excluding hydrogens is 244 g/mol. The van der Waals surface area contributed by atoms with Crippen molar-refractivity contribution in [2.24, 2.45) is 5.73 Å². The summed E-state index contributed by atoms with van der Waals surface area (Å²) in [7, 11) is 0. The van der Waals surface area contributed by atoms with Crippen molar-refractivity contribution in [3.63, 3.8) is 0 Å². The third-order valence-corrected chi connectivity index (χ3v) is 5.05. The predicted octanol–water partition coefficient (Wildman–Crippen LogP) is 2.89. The van der Waals surface area contributed by atoms with Gasteiger partial charge in [-0.2, -0.15) is 11.8 Å². The molecule has 0 aliphatic carbocycles. The second kappa shape index (κ2) is 6.64. The fraction of sp³-hybridized carbons (Fsp3) is 0.714. The molecule has 2 unspecified atom stereocenters. The molecule has 0 bridgehead atoms. The number of rotatable bonds is 5. The largest absolute Gasteiger partial charge is 0.468 e. The average molecular weight is 268 g/mol. The number of likely N-dealkylation sites (tertiary alicyclic amines) is 1. The molecule has 1 fully saturated rings. The number of nitrogens with zero attached hydrogens (tertiary/aromatic N) is 1. The maximum atomic E-state index is 6.30. The smallest absolute Gasteiger partial charge is 0.122 e. The van der Waals surface area contributed by atoms with E-state index in [2.05, 4.69) is 24.1 Å². The third kappa shape index (κ3) is 3.11. The van der Waals surface area contributed by atoms with E-state index in [-0.39, 0.29) is 12.1 Å². The zero-order valence-corrected chi connectivity index (χ0v) is 12.2. The molecule has 102 valence electrons. The summed E-state index contributed by atoms with van der Waals surface area (Å²) in [5.74, 6) is 1.02. The molecule has 0 aromatic carbocycles. The van der Waals surface area contributed by atoms with Crippen molar-refractivity contribution in [2.45, 2.75) is 43.5 Å². The van der Waals surface area contributed by atoms with Crippen LogP contribution in [0.1, 0.15) is 38.0 Å². The molecule has 0 radical (unpaired) electrons. The van der Waals surface area contributed by atoms with Crippen molar-refractivity contribution in [2.75, 3.05) is 19.3 Å². The van der Waals surface area contributed by atoms with Gasteiger partial charge < -0.3 is 10.2 Å². The summed E-state index contributed by atoms with van der Waals surface area (Å²) in [5, 5.41) is 0.816. The summed E-state index contributed by atoms with van der Waals surface area (Å²) in [6.07, 6.45) is 7.46. The Morgan fingerprint density at radius 3 is 2.72 bits per heavy atom. The van der Waals surface area contributed by atoms with Crippen molar-refractivity contribution in [3.05, 3.63) is 24.2 Å². The lowest BCUT2D eigenvalue weighted by Crippen LogP contribution is -2.45. The standard InChI is InChI=1S/C14H24N2OS/c1-3-12(15)14(13-5-4-10-17-13)16-8-6-11(18-2)7-9-16/h4-5,10-12,14H,3,6-9,15H2,1-2H3. The molecular formula is C14H24N2OS. The normalized spacial score (nSPS) is 21.9. The summed E-state index contributed by atoms with van der Waals surface area (Å²) in [6, 6.07) is 4.41. The van der Waals surface area contributed by atoms with Gasteiger partial charge in [-0.25, -0.2) is 0 Å². The van der Waals surface area contributed by atoms with Gasteiger partial charge >= 0.3 is 0 Å². The summed E-state index contributed by atoms with van der Waals surface area (Å²) >= 11 is 1.99. The molecule has 3 nitrogen and oxygen atoms in total. The van der Waals surface area contributed by atoms with Crippen LogP contribution < -0.4 is 5.73 Å². The van der Waals surface area contributed by atoms with Gasteiger partial charge in [0, 0.05) is 11.3 Å². The van der Waals surface area contributed by atoms with E-state index in [1.807, 2.05) is 17.8 Å². The van der Waals surface area contributed by atoms with Crippen LogP contribution in [0.4, 0.5) is 0 Å². The van der Waals surface area contributed by atoms with Gasteiger partial charge in [0.1, 0.15) is 5.76 Å². The Morgan fingerprint density at radius 1 is 1.50 bits per heavy atom. The number of piperidine rings is 1. The molecule has 0 amide bonds. The van der Waals surface area contributed by atoms with Crippen LogP contribution in [0.25, 0.3) is 0 Å². The van der Waals surface area contributed by atoms with Gasteiger partial charge in [-0.05, 0) is 50.7 Å². The molecule has 0 spiro atoms. The first-order chi connectivity index (χ1) is 8.76. The Bertz CT molecular complexity index is 334. The molecule has 2 rings (SSSR count). The molecule has 18 heavy (non-hydrogen) atoms. The van der Waals surface area contributed by atoms with Gasteiger partial charge in [-0.3, -0.25) is 4.90 Å². The van der Waals surface area contributed by atoms with Gasteiger partial charge in [0.2, 0.25) is 0 Å². The van der Waals surface area contributed by atoms with Crippen LogP contribution in [0, 0.1) is 0 Å². The lowest BCUT2D eigenvalue weighted by Gasteiger charge is -2.38. The maximum absolute atomic E-state index is 6.30. The average Bonchev–Trinajstić information content (AvgIpc) is 2.93. The Balaban J connectivity index is 2.06. The molecule has 2 atom stereocenters. The molecule has 1 aliphatic heterocycles. The van der Waals surface area contributed by atoms with Crippen LogP contribution >= 0.6 is 11.8 Å². The minimum Gasteiger partial charge on any atom is -0.468 e. The zero-order valence-electron chi connectivity index (χ0n) is 11.3. The van der Waals surface area contributed by atoms with Crippen molar-refractivity contribution in [1.29, 1.82) is 0 Å².